The van der Waals surface area contributed by atoms with Gasteiger partial charge in [-0.15, -0.1) is 0 Å². The molecule has 3 nitrogen and oxygen atoms in total. The number of carbonyl (C=O) groups is 1. The Morgan fingerprint density at radius 1 is 1.24 bits per heavy atom. The Morgan fingerprint density at radius 3 is 2.35 bits per heavy atom. The maximum absolute atomic E-state index is 11.7. The quantitative estimate of drug-likeness (QED) is 0.807. The van der Waals surface area contributed by atoms with Gasteiger partial charge in [-0.25, -0.2) is 0 Å². The molecule has 1 heterocycles. The van der Waals surface area contributed by atoms with Crippen molar-refractivity contribution in [3.63, 3.8) is 0 Å². The van der Waals surface area contributed by atoms with Gasteiger partial charge >= 0.3 is 5.97 Å². The third-order valence-corrected chi connectivity index (χ3v) is 4.66. The van der Waals surface area contributed by atoms with Crippen LogP contribution in [0.1, 0.15) is 46.0 Å². The van der Waals surface area contributed by atoms with Crippen LogP contribution in [0.5, 0.6) is 0 Å². The monoisotopic (exact) mass is 240 g/mol. The number of ether oxygens (including phenoxy) is 1. The zero-order chi connectivity index (χ0) is 12.5. The number of hydrogen-bond acceptors (Lipinski definition) is 2. The van der Waals surface area contributed by atoms with Crippen molar-refractivity contribution in [2.24, 2.45) is 23.2 Å². The summed E-state index contributed by atoms with van der Waals surface area (Å²) in [7, 11) is 0. The van der Waals surface area contributed by atoms with Crippen molar-refractivity contribution in [3.8, 4) is 0 Å². The minimum atomic E-state index is -0.636. The van der Waals surface area contributed by atoms with E-state index in [9.17, 15) is 9.90 Å². The van der Waals surface area contributed by atoms with E-state index in [1.54, 1.807) is 0 Å². The fourth-order valence-electron chi connectivity index (χ4n) is 3.88. The molecule has 98 valence electrons. The van der Waals surface area contributed by atoms with Crippen molar-refractivity contribution in [1.82, 2.24) is 0 Å². The maximum Gasteiger partial charge on any atom is 0.312 e. The molecule has 1 aliphatic carbocycles. The lowest BCUT2D eigenvalue weighted by Crippen LogP contribution is -2.47. The van der Waals surface area contributed by atoms with E-state index >= 15 is 0 Å². The Bertz CT molecular complexity index is 271. The zero-order valence-electron chi connectivity index (χ0n) is 10.9. The molecule has 1 aliphatic heterocycles. The van der Waals surface area contributed by atoms with Crippen LogP contribution in [0.3, 0.4) is 0 Å². The molecule has 1 saturated heterocycles. The second kappa shape index (κ2) is 4.97. The second-order valence-electron chi connectivity index (χ2n) is 6.23. The predicted molar refractivity (Wildman–Crippen MR) is 65.8 cm³/mol. The van der Waals surface area contributed by atoms with Crippen LogP contribution in [-0.2, 0) is 9.53 Å². The fourth-order valence-corrected chi connectivity index (χ4v) is 3.88. The lowest BCUT2D eigenvalue weighted by Gasteiger charge is -2.44. The fraction of sp³-hybridized carbons (Fsp3) is 0.929. The Hall–Kier alpha value is -0.570. The number of rotatable bonds is 2. The summed E-state index contributed by atoms with van der Waals surface area (Å²) in [4.78, 5) is 11.7. The van der Waals surface area contributed by atoms with E-state index in [0.29, 0.717) is 24.4 Å². The molecule has 0 spiro atoms. The van der Waals surface area contributed by atoms with Gasteiger partial charge in [0.2, 0.25) is 0 Å². The van der Waals surface area contributed by atoms with Crippen LogP contribution in [0.25, 0.3) is 0 Å². The van der Waals surface area contributed by atoms with Gasteiger partial charge in [-0.1, -0.05) is 13.8 Å². The normalized spacial score (nSPS) is 43.3. The zero-order valence-corrected chi connectivity index (χ0v) is 10.9. The van der Waals surface area contributed by atoms with E-state index in [4.69, 9.17) is 4.74 Å². The van der Waals surface area contributed by atoms with E-state index < -0.39 is 11.4 Å². The second-order valence-corrected chi connectivity index (χ2v) is 6.23. The van der Waals surface area contributed by atoms with Crippen LogP contribution in [0.2, 0.25) is 0 Å². The molecule has 0 aromatic carbocycles. The summed E-state index contributed by atoms with van der Waals surface area (Å²) in [6, 6.07) is 0. The molecule has 0 aromatic rings. The number of aliphatic carboxylic acids is 1. The number of carboxylic acids is 1. The van der Waals surface area contributed by atoms with Crippen molar-refractivity contribution in [2.75, 3.05) is 13.2 Å². The van der Waals surface area contributed by atoms with Gasteiger partial charge in [0.15, 0.2) is 0 Å². The molecule has 3 heteroatoms. The Kier molecular flexibility index (Phi) is 3.76. The summed E-state index contributed by atoms with van der Waals surface area (Å²) < 4.78 is 5.49. The number of hydrogen-bond donors (Lipinski definition) is 1. The average molecular weight is 240 g/mol. The van der Waals surface area contributed by atoms with Crippen LogP contribution in [0.4, 0.5) is 0 Å². The largest absolute Gasteiger partial charge is 0.481 e. The van der Waals surface area contributed by atoms with Crippen LogP contribution in [0, 0.1) is 23.2 Å². The van der Waals surface area contributed by atoms with E-state index in [-0.39, 0.29) is 0 Å². The highest BCUT2D eigenvalue weighted by Gasteiger charge is 2.48. The van der Waals surface area contributed by atoms with Crippen molar-refractivity contribution in [1.29, 1.82) is 0 Å². The smallest absolute Gasteiger partial charge is 0.312 e. The van der Waals surface area contributed by atoms with Crippen LogP contribution in [-0.4, -0.2) is 24.3 Å². The summed E-state index contributed by atoms with van der Waals surface area (Å²) in [6.45, 7) is 5.66. The summed E-state index contributed by atoms with van der Waals surface area (Å²) in [5, 5.41) is 9.63. The van der Waals surface area contributed by atoms with Gasteiger partial charge in [0.1, 0.15) is 0 Å². The summed E-state index contributed by atoms with van der Waals surface area (Å²) in [6.07, 6.45) is 5.05. The van der Waals surface area contributed by atoms with Crippen LogP contribution >= 0.6 is 0 Å². The van der Waals surface area contributed by atoms with Gasteiger partial charge in [-0.2, -0.15) is 0 Å². The minimum Gasteiger partial charge on any atom is -0.481 e. The molecular formula is C14H24O3. The predicted octanol–water partition coefficient (Wildman–Crippen LogP) is 2.94. The van der Waals surface area contributed by atoms with Crippen molar-refractivity contribution >= 4 is 5.97 Å². The van der Waals surface area contributed by atoms with Gasteiger partial charge in [-0.3, -0.25) is 4.79 Å². The highest BCUT2D eigenvalue weighted by molar-refractivity contribution is 5.75. The minimum absolute atomic E-state index is 0.305. The maximum atomic E-state index is 11.7. The highest BCUT2D eigenvalue weighted by atomic mass is 16.5. The van der Waals surface area contributed by atoms with E-state index in [1.165, 1.54) is 6.42 Å². The first-order chi connectivity index (χ1) is 8.04. The molecule has 3 atom stereocenters. The molecule has 17 heavy (non-hydrogen) atoms. The molecule has 2 fully saturated rings. The molecule has 0 amide bonds. The van der Waals surface area contributed by atoms with Crippen molar-refractivity contribution in [3.05, 3.63) is 0 Å². The van der Waals surface area contributed by atoms with Crippen molar-refractivity contribution in [2.45, 2.75) is 46.0 Å². The van der Waals surface area contributed by atoms with Crippen LogP contribution in [0.15, 0.2) is 0 Å². The summed E-state index contributed by atoms with van der Waals surface area (Å²) in [5.41, 5.74) is -0.596. The number of carboxylic acid groups (broad SMARTS) is 1. The van der Waals surface area contributed by atoms with Gasteiger partial charge < -0.3 is 9.84 Å². The molecule has 0 aromatic heterocycles. The van der Waals surface area contributed by atoms with E-state index in [0.717, 1.165) is 32.3 Å². The summed E-state index contributed by atoms with van der Waals surface area (Å²) in [5.74, 6) is 0.978. The lowest BCUT2D eigenvalue weighted by molar-refractivity contribution is -0.166. The molecule has 1 saturated carbocycles. The molecule has 2 aliphatic rings. The molecule has 0 bridgehead atoms. The SMILES string of the molecule is CC1CC(C)CC(C2(C(=O)O)CCCOC2)C1. The lowest BCUT2D eigenvalue weighted by atomic mass is 9.62. The average Bonchev–Trinajstić information content (AvgIpc) is 2.28. The standard InChI is InChI=1S/C14H24O3/c1-10-6-11(2)8-12(7-10)14(13(15)16)4-3-5-17-9-14/h10-12H,3-9H2,1-2H3,(H,15,16). The molecule has 1 N–H and O–H groups in total. The third-order valence-electron chi connectivity index (χ3n) is 4.66. The van der Waals surface area contributed by atoms with Gasteiger partial charge in [0.05, 0.1) is 12.0 Å². The molecule has 2 rings (SSSR count). The van der Waals surface area contributed by atoms with Gasteiger partial charge in [0.25, 0.3) is 0 Å². The van der Waals surface area contributed by atoms with Gasteiger partial charge in [-0.05, 0) is 49.9 Å². The third kappa shape index (κ3) is 2.49. The Balaban J connectivity index is 2.17. The molecule has 0 radical (unpaired) electrons. The Labute approximate surface area is 104 Å². The first kappa shape index (κ1) is 12.9. The highest BCUT2D eigenvalue weighted by Crippen LogP contribution is 2.47. The summed E-state index contributed by atoms with van der Waals surface area (Å²) >= 11 is 0. The Morgan fingerprint density at radius 2 is 1.88 bits per heavy atom. The van der Waals surface area contributed by atoms with E-state index in [1.807, 2.05) is 0 Å². The molecule has 3 unspecified atom stereocenters. The first-order valence-electron chi connectivity index (χ1n) is 6.86. The van der Waals surface area contributed by atoms with E-state index in [2.05, 4.69) is 13.8 Å². The topological polar surface area (TPSA) is 46.5 Å². The first-order valence-corrected chi connectivity index (χ1v) is 6.86. The van der Waals surface area contributed by atoms with Crippen LogP contribution < -0.4 is 0 Å². The molecular weight excluding hydrogens is 216 g/mol. The van der Waals surface area contributed by atoms with Crippen molar-refractivity contribution < 1.29 is 14.6 Å². The van der Waals surface area contributed by atoms with Gasteiger partial charge in [0, 0.05) is 6.61 Å².